The standard InChI is InChI=1S/C12H13N3OS/c1-8-15-11(7-17-8)6-14-12(16)9-3-2-4-10(13)5-9/h2-5,7H,6,13H2,1H3,(H,14,16). The zero-order chi connectivity index (χ0) is 12.3. The van der Waals surface area contributed by atoms with Crippen LogP contribution in [-0.2, 0) is 6.54 Å². The third-order valence-electron chi connectivity index (χ3n) is 2.25. The molecule has 0 saturated carbocycles. The molecule has 0 aliphatic carbocycles. The Kier molecular flexibility index (Phi) is 3.39. The largest absolute Gasteiger partial charge is 0.399 e. The van der Waals surface area contributed by atoms with Crippen molar-refractivity contribution in [2.45, 2.75) is 13.5 Å². The second-order valence-corrected chi connectivity index (χ2v) is 4.73. The summed E-state index contributed by atoms with van der Waals surface area (Å²) < 4.78 is 0. The second-order valence-electron chi connectivity index (χ2n) is 3.67. The van der Waals surface area contributed by atoms with Crippen LogP contribution in [0.1, 0.15) is 21.1 Å². The van der Waals surface area contributed by atoms with Gasteiger partial charge in [-0.15, -0.1) is 11.3 Å². The molecule has 0 aliphatic rings. The maximum atomic E-state index is 11.8. The van der Waals surface area contributed by atoms with Gasteiger partial charge in [0, 0.05) is 16.6 Å². The van der Waals surface area contributed by atoms with Gasteiger partial charge in [0.05, 0.1) is 17.2 Å². The molecule has 1 heterocycles. The van der Waals surface area contributed by atoms with Crippen LogP contribution in [0.4, 0.5) is 5.69 Å². The van der Waals surface area contributed by atoms with Crippen molar-refractivity contribution >= 4 is 22.9 Å². The highest BCUT2D eigenvalue weighted by Gasteiger charge is 2.06. The molecule has 1 aromatic heterocycles. The van der Waals surface area contributed by atoms with Crippen molar-refractivity contribution < 1.29 is 4.79 Å². The van der Waals surface area contributed by atoms with E-state index in [0.29, 0.717) is 17.8 Å². The molecular formula is C12H13N3OS. The quantitative estimate of drug-likeness (QED) is 0.815. The fourth-order valence-electron chi connectivity index (χ4n) is 1.44. The number of hydrogen-bond acceptors (Lipinski definition) is 4. The van der Waals surface area contributed by atoms with Crippen LogP contribution in [0.25, 0.3) is 0 Å². The summed E-state index contributed by atoms with van der Waals surface area (Å²) in [6.07, 6.45) is 0. The number of amides is 1. The van der Waals surface area contributed by atoms with Crippen molar-refractivity contribution in [1.29, 1.82) is 0 Å². The highest BCUT2D eigenvalue weighted by atomic mass is 32.1. The van der Waals surface area contributed by atoms with E-state index in [0.717, 1.165) is 10.7 Å². The molecule has 3 N–H and O–H groups in total. The zero-order valence-corrected chi connectivity index (χ0v) is 10.3. The summed E-state index contributed by atoms with van der Waals surface area (Å²) in [7, 11) is 0. The number of carbonyl (C=O) groups excluding carboxylic acids is 1. The molecule has 0 unspecified atom stereocenters. The number of hydrogen-bond donors (Lipinski definition) is 2. The van der Waals surface area contributed by atoms with Gasteiger partial charge in [-0.3, -0.25) is 4.79 Å². The smallest absolute Gasteiger partial charge is 0.251 e. The number of nitrogen functional groups attached to an aromatic ring is 1. The first kappa shape index (κ1) is 11.6. The Bertz CT molecular complexity index is 536. The van der Waals surface area contributed by atoms with E-state index in [1.54, 1.807) is 35.6 Å². The number of anilines is 1. The lowest BCUT2D eigenvalue weighted by Gasteiger charge is -2.03. The van der Waals surface area contributed by atoms with E-state index in [4.69, 9.17) is 5.73 Å². The third-order valence-corrected chi connectivity index (χ3v) is 3.07. The van der Waals surface area contributed by atoms with E-state index in [-0.39, 0.29) is 5.91 Å². The van der Waals surface area contributed by atoms with Gasteiger partial charge in [0.15, 0.2) is 0 Å². The minimum Gasteiger partial charge on any atom is -0.399 e. The van der Waals surface area contributed by atoms with Crippen molar-refractivity contribution in [2.75, 3.05) is 5.73 Å². The van der Waals surface area contributed by atoms with Crippen molar-refractivity contribution in [3.63, 3.8) is 0 Å². The van der Waals surface area contributed by atoms with E-state index < -0.39 is 0 Å². The number of nitrogens with two attached hydrogens (primary N) is 1. The number of nitrogens with one attached hydrogen (secondary N) is 1. The van der Waals surface area contributed by atoms with Gasteiger partial charge in [-0.2, -0.15) is 0 Å². The molecule has 88 valence electrons. The minimum absolute atomic E-state index is 0.136. The normalized spacial score (nSPS) is 10.2. The van der Waals surface area contributed by atoms with Crippen LogP contribution >= 0.6 is 11.3 Å². The number of aromatic nitrogens is 1. The predicted octanol–water partition coefficient (Wildman–Crippen LogP) is 1.96. The van der Waals surface area contributed by atoms with E-state index in [9.17, 15) is 4.79 Å². The van der Waals surface area contributed by atoms with Crippen LogP contribution in [-0.4, -0.2) is 10.9 Å². The van der Waals surface area contributed by atoms with E-state index in [1.165, 1.54) is 0 Å². The lowest BCUT2D eigenvalue weighted by atomic mass is 10.2. The molecule has 0 saturated heterocycles. The van der Waals surface area contributed by atoms with Crippen LogP contribution in [0.2, 0.25) is 0 Å². The van der Waals surface area contributed by atoms with Crippen molar-refractivity contribution in [2.24, 2.45) is 0 Å². The van der Waals surface area contributed by atoms with Crippen LogP contribution in [0.15, 0.2) is 29.6 Å². The minimum atomic E-state index is -0.136. The Morgan fingerprint density at radius 2 is 2.35 bits per heavy atom. The van der Waals surface area contributed by atoms with Gasteiger partial charge < -0.3 is 11.1 Å². The summed E-state index contributed by atoms with van der Waals surface area (Å²) in [6, 6.07) is 6.90. The number of carbonyl (C=O) groups is 1. The summed E-state index contributed by atoms with van der Waals surface area (Å²) in [4.78, 5) is 16.1. The first-order valence-electron chi connectivity index (χ1n) is 5.20. The van der Waals surface area contributed by atoms with Gasteiger partial charge in [0.1, 0.15) is 0 Å². The molecular weight excluding hydrogens is 234 g/mol. The van der Waals surface area contributed by atoms with Gasteiger partial charge in [-0.1, -0.05) is 6.07 Å². The number of thiazole rings is 1. The Labute approximate surface area is 103 Å². The number of nitrogens with zero attached hydrogens (tertiary/aromatic N) is 1. The number of rotatable bonds is 3. The first-order valence-corrected chi connectivity index (χ1v) is 6.08. The Balaban J connectivity index is 1.98. The summed E-state index contributed by atoms with van der Waals surface area (Å²) in [5.74, 6) is -0.136. The molecule has 2 rings (SSSR count). The van der Waals surface area contributed by atoms with Crippen molar-refractivity contribution in [3.8, 4) is 0 Å². The second kappa shape index (κ2) is 4.97. The van der Waals surface area contributed by atoms with Crippen LogP contribution in [0, 0.1) is 6.92 Å². The summed E-state index contributed by atoms with van der Waals surface area (Å²) in [5.41, 5.74) is 7.65. The molecule has 0 fully saturated rings. The molecule has 0 spiro atoms. The number of aryl methyl sites for hydroxylation is 1. The molecule has 1 amide bonds. The van der Waals surface area contributed by atoms with E-state index in [1.807, 2.05) is 12.3 Å². The Hall–Kier alpha value is -1.88. The molecule has 0 bridgehead atoms. The summed E-state index contributed by atoms with van der Waals surface area (Å²) >= 11 is 1.57. The van der Waals surface area contributed by atoms with Gasteiger partial charge in [-0.25, -0.2) is 4.98 Å². The molecule has 0 atom stereocenters. The van der Waals surface area contributed by atoms with Crippen LogP contribution in [0.3, 0.4) is 0 Å². The van der Waals surface area contributed by atoms with Gasteiger partial charge in [0.25, 0.3) is 5.91 Å². The lowest BCUT2D eigenvalue weighted by molar-refractivity contribution is 0.0950. The SMILES string of the molecule is Cc1nc(CNC(=O)c2cccc(N)c2)cs1. The maximum Gasteiger partial charge on any atom is 0.251 e. The van der Waals surface area contributed by atoms with Gasteiger partial charge in [0.2, 0.25) is 0 Å². The zero-order valence-electron chi connectivity index (χ0n) is 9.43. The third kappa shape index (κ3) is 3.04. The van der Waals surface area contributed by atoms with Gasteiger partial charge >= 0.3 is 0 Å². The predicted molar refractivity (Wildman–Crippen MR) is 68.9 cm³/mol. The van der Waals surface area contributed by atoms with E-state index >= 15 is 0 Å². The van der Waals surface area contributed by atoms with E-state index in [2.05, 4.69) is 10.3 Å². The van der Waals surface area contributed by atoms with Crippen LogP contribution < -0.4 is 11.1 Å². The molecule has 17 heavy (non-hydrogen) atoms. The monoisotopic (exact) mass is 247 g/mol. The highest BCUT2D eigenvalue weighted by molar-refractivity contribution is 7.09. The molecule has 0 aliphatic heterocycles. The lowest BCUT2D eigenvalue weighted by Crippen LogP contribution is -2.23. The highest BCUT2D eigenvalue weighted by Crippen LogP contribution is 2.09. The average molecular weight is 247 g/mol. The van der Waals surface area contributed by atoms with Crippen molar-refractivity contribution in [3.05, 3.63) is 45.9 Å². The summed E-state index contributed by atoms with van der Waals surface area (Å²) in [5, 5.41) is 5.74. The Morgan fingerprint density at radius 3 is 3.00 bits per heavy atom. The average Bonchev–Trinajstić information content (AvgIpc) is 2.72. The number of benzene rings is 1. The summed E-state index contributed by atoms with van der Waals surface area (Å²) in [6.45, 7) is 2.38. The molecule has 5 heteroatoms. The fraction of sp³-hybridized carbons (Fsp3) is 0.167. The van der Waals surface area contributed by atoms with Gasteiger partial charge in [-0.05, 0) is 25.1 Å². The first-order chi connectivity index (χ1) is 8.15. The topological polar surface area (TPSA) is 68.0 Å². The maximum absolute atomic E-state index is 11.8. The Morgan fingerprint density at radius 1 is 1.53 bits per heavy atom. The molecule has 2 aromatic rings. The molecule has 4 nitrogen and oxygen atoms in total. The molecule has 0 radical (unpaired) electrons. The fourth-order valence-corrected chi connectivity index (χ4v) is 2.05. The van der Waals surface area contributed by atoms with Crippen molar-refractivity contribution in [1.82, 2.24) is 10.3 Å². The molecule has 1 aromatic carbocycles. The van der Waals surface area contributed by atoms with Crippen LogP contribution in [0.5, 0.6) is 0 Å².